The molecular formula is C14H19N3. The first-order chi connectivity index (χ1) is 8.34. The van der Waals surface area contributed by atoms with Gasteiger partial charge in [0.2, 0.25) is 0 Å². The standard InChI is InChI=1S/C14H19N3/c15-14(12-5-2-1-3-6-12)17-10-9-16-8-4-7-13(16)11-17/h1-3,5-6,13,15H,4,7-11H2. The molecule has 3 nitrogen and oxygen atoms in total. The predicted octanol–water partition coefficient (Wildman–Crippen LogP) is 1.79. The summed E-state index contributed by atoms with van der Waals surface area (Å²) in [5.41, 5.74) is 1.04. The molecule has 2 aliphatic rings. The number of rotatable bonds is 1. The van der Waals surface area contributed by atoms with Crippen molar-refractivity contribution in [1.82, 2.24) is 9.80 Å². The zero-order valence-electron chi connectivity index (χ0n) is 10.1. The fraction of sp³-hybridized carbons (Fsp3) is 0.500. The monoisotopic (exact) mass is 229 g/mol. The van der Waals surface area contributed by atoms with Crippen LogP contribution < -0.4 is 0 Å². The van der Waals surface area contributed by atoms with E-state index in [2.05, 4.69) is 9.80 Å². The number of fused-ring (bicyclic) bond motifs is 1. The third-order valence-corrected chi connectivity index (χ3v) is 3.95. The molecule has 0 amide bonds. The molecule has 2 heterocycles. The first-order valence-electron chi connectivity index (χ1n) is 6.47. The van der Waals surface area contributed by atoms with Crippen molar-refractivity contribution in [2.75, 3.05) is 26.2 Å². The molecule has 2 aliphatic heterocycles. The molecule has 1 N–H and O–H groups in total. The van der Waals surface area contributed by atoms with E-state index in [1.54, 1.807) is 0 Å². The van der Waals surface area contributed by atoms with Gasteiger partial charge in [0.1, 0.15) is 5.84 Å². The van der Waals surface area contributed by atoms with Gasteiger partial charge in [-0.2, -0.15) is 0 Å². The molecule has 3 rings (SSSR count). The van der Waals surface area contributed by atoms with Crippen LogP contribution in [-0.2, 0) is 0 Å². The Balaban J connectivity index is 1.71. The van der Waals surface area contributed by atoms with Crippen LogP contribution in [0.1, 0.15) is 18.4 Å². The molecule has 1 unspecified atom stereocenters. The molecule has 17 heavy (non-hydrogen) atoms. The van der Waals surface area contributed by atoms with Gasteiger partial charge in [-0.25, -0.2) is 0 Å². The normalized spacial score (nSPS) is 24.7. The number of piperazine rings is 1. The fourth-order valence-corrected chi connectivity index (χ4v) is 2.97. The van der Waals surface area contributed by atoms with Crippen molar-refractivity contribution >= 4 is 5.84 Å². The van der Waals surface area contributed by atoms with E-state index in [0.717, 1.165) is 25.2 Å². The molecule has 90 valence electrons. The quantitative estimate of drug-likeness (QED) is 0.588. The van der Waals surface area contributed by atoms with Gasteiger partial charge in [-0.1, -0.05) is 30.3 Å². The Morgan fingerprint density at radius 1 is 1.12 bits per heavy atom. The first-order valence-corrected chi connectivity index (χ1v) is 6.47. The lowest BCUT2D eigenvalue weighted by Crippen LogP contribution is -2.52. The summed E-state index contributed by atoms with van der Waals surface area (Å²) in [4.78, 5) is 4.82. The van der Waals surface area contributed by atoms with Crippen LogP contribution in [0.3, 0.4) is 0 Å². The topological polar surface area (TPSA) is 30.3 Å². The SMILES string of the molecule is N=C(c1ccccc1)N1CCN2CCCC2C1. The maximum atomic E-state index is 8.28. The van der Waals surface area contributed by atoms with Crippen LogP contribution in [0.4, 0.5) is 0 Å². The molecule has 0 aliphatic carbocycles. The zero-order chi connectivity index (χ0) is 11.7. The molecule has 0 aromatic heterocycles. The minimum Gasteiger partial charge on any atom is -0.354 e. The highest BCUT2D eigenvalue weighted by atomic mass is 15.3. The highest BCUT2D eigenvalue weighted by molar-refractivity contribution is 5.96. The highest BCUT2D eigenvalue weighted by Gasteiger charge is 2.31. The molecule has 1 aromatic rings. The highest BCUT2D eigenvalue weighted by Crippen LogP contribution is 2.22. The Labute approximate surface area is 103 Å². The summed E-state index contributed by atoms with van der Waals surface area (Å²) < 4.78 is 0. The van der Waals surface area contributed by atoms with Crippen molar-refractivity contribution in [3.8, 4) is 0 Å². The van der Waals surface area contributed by atoms with Gasteiger partial charge in [-0.3, -0.25) is 10.3 Å². The zero-order valence-corrected chi connectivity index (χ0v) is 10.1. The Bertz CT molecular complexity index is 401. The Morgan fingerprint density at radius 2 is 1.94 bits per heavy atom. The van der Waals surface area contributed by atoms with Crippen molar-refractivity contribution in [1.29, 1.82) is 5.41 Å². The van der Waals surface area contributed by atoms with Crippen molar-refractivity contribution in [2.45, 2.75) is 18.9 Å². The average Bonchev–Trinajstić information content (AvgIpc) is 2.86. The lowest BCUT2D eigenvalue weighted by molar-refractivity contribution is 0.151. The molecule has 2 fully saturated rings. The smallest absolute Gasteiger partial charge is 0.128 e. The van der Waals surface area contributed by atoms with Gasteiger partial charge in [0.05, 0.1) is 0 Å². The lowest BCUT2D eigenvalue weighted by Gasteiger charge is -2.38. The number of hydrogen-bond acceptors (Lipinski definition) is 2. The van der Waals surface area contributed by atoms with E-state index in [4.69, 9.17) is 5.41 Å². The predicted molar refractivity (Wildman–Crippen MR) is 69.4 cm³/mol. The van der Waals surface area contributed by atoms with Gasteiger partial charge in [-0.15, -0.1) is 0 Å². The van der Waals surface area contributed by atoms with Crippen LogP contribution in [0.5, 0.6) is 0 Å². The molecular weight excluding hydrogens is 210 g/mol. The number of nitrogens with one attached hydrogen (secondary N) is 1. The number of amidine groups is 1. The van der Waals surface area contributed by atoms with E-state index in [-0.39, 0.29) is 0 Å². The van der Waals surface area contributed by atoms with Crippen LogP contribution in [0.15, 0.2) is 30.3 Å². The second-order valence-corrected chi connectivity index (χ2v) is 4.99. The first kappa shape index (κ1) is 10.8. The third kappa shape index (κ3) is 2.07. The molecule has 0 saturated carbocycles. The summed E-state index contributed by atoms with van der Waals surface area (Å²) in [6.45, 7) is 4.43. The van der Waals surface area contributed by atoms with Crippen molar-refractivity contribution in [3.05, 3.63) is 35.9 Å². The van der Waals surface area contributed by atoms with E-state index < -0.39 is 0 Å². The van der Waals surface area contributed by atoms with Crippen molar-refractivity contribution < 1.29 is 0 Å². The molecule has 2 saturated heterocycles. The van der Waals surface area contributed by atoms with Gasteiger partial charge in [0.15, 0.2) is 0 Å². The Hall–Kier alpha value is -1.35. The van der Waals surface area contributed by atoms with Gasteiger partial charge in [0, 0.05) is 31.2 Å². The van der Waals surface area contributed by atoms with Crippen LogP contribution in [-0.4, -0.2) is 47.9 Å². The van der Waals surface area contributed by atoms with Crippen LogP contribution in [0, 0.1) is 5.41 Å². The summed E-state index contributed by atoms with van der Waals surface area (Å²) in [7, 11) is 0. The van der Waals surface area contributed by atoms with Crippen LogP contribution in [0.25, 0.3) is 0 Å². The molecule has 0 spiro atoms. The van der Waals surface area contributed by atoms with E-state index in [9.17, 15) is 0 Å². The van der Waals surface area contributed by atoms with Crippen molar-refractivity contribution in [2.24, 2.45) is 0 Å². The molecule has 0 radical (unpaired) electrons. The second kappa shape index (κ2) is 4.49. The van der Waals surface area contributed by atoms with E-state index in [0.29, 0.717) is 11.9 Å². The minimum absolute atomic E-state index is 0.688. The fourth-order valence-electron chi connectivity index (χ4n) is 2.97. The Morgan fingerprint density at radius 3 is 2.76 bits per heavy atom. The molecule has 0 bridgehead atoms. The molecule has 1 atom stereocenters. The van der Waals surface area contributed by atoms with Crippen LogP contribution in [0.2, 0.25) is 0 Å². The average molecular weight is 229 g/mol. The van der Waals surface area contributed by atoms with E-state index in [1.807, 2.05) is 30.3 Å². The van der Waals surface area contributed by atoms with Gasteiger partial charge in [-0.05, 0) is 19.4 Å². The molecule has 3 heteroatoms. The number of benzene rings is 1. The number of hydrogen-bond donors (Lipinski definition) is 1. The minimum atomic E-state index is 0.688. The third-order valence-electron chi connectivity index (χ3n) is 3.95. The van der Waals surface area contributed by atoms with Gasteiger partial charge in [0.25, 0.3) is 0 Å². The molecule has 1 aromatic carbocycles. The van der Waals surface area contributed by atoms with E-state index in [1.165, 1.54) is 19.4 Å². The Kier molecular flexibility index (Phi) is 2.85. The summed E-state index contributed by atoms with van der Waals surface area (Å²) in [6.07, 6.45) is 2.63. The summed E-state index contributed by atoms with van der Waals surface area (Å²) in [6, 6.07) is 10.8. The summed E-state index contributed by atoms with van der Waals surface area (Å²) in [5.74, 6) is 0.692. The maximum Gasteiger partial charge on any atom is 0.128 e. The second-order valence-electron chi connectivity index (χ2n) is 4.99. The largest absolute Gasteiger partial charge is 0.354 e. The van der Waals surface area contributed by atoms with Gasteiger partial charge >= 0.3 is 0 Å². The van der Waals surface area contributed by atoms with Crippen molar-refractivity contribution in [3.63, 3.8) is 0 Å². The maximum absolute atomic E-state index is 8.28. The van der Waals surface area contributed by atoms with E-state index >= 15 is 0 Å². The van der Waals surface area contributed by atoms with Gasteiger partial charge < -0.3 is 4.90 Å². The summed E-state index contributed by atoms with van der Waals surface area (Å²) >= 11 is 0. The lowest BCUT2D eigenvalue weighted by atomic mass is 10.1. The summed E-state index contributed by atoms with van der Waals surface area (Å²) in [5, 5.41) is 8.28. The van der Waals surface area contributed by atoms with Crippen LogP contribution >= 0.6 is 0 Å². The number of nitrogens with zero attached hydrogens (tertiary/aromatic N) is 2.